The van der Waals surface area contributed by atoms with Crippen LogP contribution in [0.3, 0.4) is 0 Å². The lowest BCUT2D eigenvalue weighted by molar-refractivity contribution is -0.772. The molecule has 0 aliphatic carbocycles. The van der Waals surface area contributed by atoms with Crippen molar-refractivity contribution in [3.63, 3.8) is 0 Å². The Bertz CT molecular complexity index is 496. The van der Waals surface area contributed by atoms with E-state index in [4.69, 9.17) is 16.3 Å². The van der Waals surface area contributed by atoms with Gasteiger partial charge in [0.15, 0.2) is 0 Å². The standard InChI is InChI=1S/C8H11ClN6O7/c1-2-8(4-21-14(16)17,5-22-15(18)19)3-20-7-12-10-6(9)11-13-7/h2-5H2,1H3. The minimum atomic E-state index is -1.16. The summed E-state index contributed by atoms with van der Waals surface area (Å²) < 4.78 is 5.17. The van der Waals surface area contributed by atoms with Crippen molar-refractivity contribution < 1.29 is 24.6 Å². The molecule has 14 heteroatoms. The van der Waals surface area contributed by atoms with Crippen molar-refractivity contribution in [1.82, 2.24) is 20.4 Å². The van der Waals surface area contributed by atoms with E-state index in [1.165, 1.54) is 0 Å². The largest absolute Gasteiger partial charge is 0.461 e. The van der Waals surface area contributed by atoms with Crippen LogP contribution >= 0.6 is 11.6 Å². The Morgan fingerprint density at radius 2 is 1.55 bits per heavy atom. The molecule has 1 rings (SSSR count). The second-order valence-corrected chi connectivity index (χ2v) is 4.43. The molecule has 0 bridgehead atoms. The molecule has 0 atom stereocenters. The number of hydrogen-bond donors (Lipinski definition) is 0. The lowest BCUT2D eigenvalue weighted by Crippen LogP contribution is -2.39. The van der Waals surface area contributed by atoms with Crippen molar-refractivity contribution in [3.05, 3.63) is 25.5 Å². The second kappa shape index (κ2) is 8.02. The van der Waals surface area contributed by atoms with Crippen LogP contribution in [0.15, 0.2) is 0 Å². The van der Waals surface area contributed by atoms with Crippen LogP contribution in [0.1, 0.15) is 13.3 Å². The van der Waals surface area contributed by atoms with Crippen LogP contribution in [0.25, 0.3) is 0 Å². The summed E-state index contributed by atoms with van der Waals surface area (Å²) in [4.78, 5) is 29.2. The normalized spacial score (nSPS) is 10.8. The molecule has 0 radical (unpaired) electrons. The average molecular weight is 339 g/mol. The van der Waals surface area contributed by atoms with E-state index in [1.54, 1.807) is 6.92 Å². The number of hydrogen-bond acceptors (Lipinski definition) is 11. The maximum atomic E-state index is 10.3. The van der Waals surface area contributed by atoms with Gasteiger partial charge in [-0.3, -0.25) is 0 Å². The van der Waals surface area contributed by atoms with Crippen molar-refractivity contribution in [1.29, 1.82) is 0 Å². The topological polar surface area (TPSA) is 166 Å². The highest BCUT2D eigenvalue weighted by Gasteiger charge is 2.33. The fourth-order valence-electron chi connectivity index (χ4n) is 1.29. The molecule has 0 aliphatic heterocycles. The molecule has 1 heterocycles. The zero-order valence-electron chi connectivity index (χ0n) is 11.2. The van der Waals surface area contributed by atoms with Gasteiger partial charge in [-0.2, -0.15) is 0 Å². The molecule has 0 fully saturated rings. The van der Waals surface area contributed by atoms with E-state index in [0.717, 1.165) is 0 Å². The molecular formula is C8H11ClN6O7. The molecule has 0 saturated heterocycles. The Morgan fingerprint density at radius 3 is 1.95 bits per heavy atom. The van der Waals surface area contributed by atoms with Gasteiger partial charge in [0.25, 0.3) is 15.5 Å². The molecule has 1 aromatic heterocycles. The van der Waals surface area contributed by atoms with Crippen molar-refractivity contribution >= 4 is 11.6 Å². The first-order valence-electron chi connectivity index (χ1n) is 5.77. The minimum absolute atomic E-state index is 0.192. The molecular weight excluding hydrogens is 328 g/mol. The van der Waals surface area contributed by atoms with Gasteiger partial charge in [-0.15, -0.1) is 30.4 Å². The summed E-state index contributed by atoms with van der Waals surface area (Å²) in [5, 5.41) is 32.2. The molecule has 13 nitrogen and oxygen atoms in total. The molecule has 0 spiro atoms. The summed E-state index contributed by atoms with van der Waals surface area (Å²) in [5.74, 6) is 0. The zero-order chi connectivity index (χ0) is 16.6. The maximum absolute atomic E-state index is 10.3. The fourth-order valence-corrected chi connectivity index (χ4v) is 1.37. The summed E-state index contributed by atoms with van der Waals surface area (Å²) in [6, 6.07) is -0.246. The molecule has 22 heavy (non-hydrogen) atoms. The van der Waals surface area contributed by atoms with E-state index in [0.29, 0.717) is 0 Å². The van der Waals surface area contributed by atoms with Crippen LogP contribution in [0.4, 0.5) is 0 Å². The van der Waals surface area contributed by atoms with Crippen LogP contribution in [0.2, 0.25) is 5.28 Å². The first-order valence-corrected chi connectivity index (χ1v) is 6.15. The van der Waals surface area contributed by atoms with E-state index >= 15 is 0 Å². The molecule has 122 valence electrons. The van der Waals surface area contributed by atoms with Gasteiger partial charge in [-0.05, 0) is 18.0 Å². The lowest BCUT2D eigenvalue weighted by Gasteiger charge is -2.29. The third-order valence-electron chi connectivity index (χ3n) is 2.65. The molecule has 1 aromatic rings. The molecule has 0 unspecified atom stereocenters. The SMILES string of the molecule is CCC(COc1nnc(Cl)nn1)(CO[N+](=O)[O-])CO[N+](=O)[O-]. The highest BCUT2D eigenvalue weighted by atomic mass is 35.5. The Labute approximate surface area is 127 Å². The van der Waals surface area contributed by atoms with E-state index in [2.05, 4.69) is 30.1 Å². The Hall–Kier alpha value is -2.57. The van der Waals surface area contributed by atoms with Crippen LogP contribution in [0.5, 0.6) is 6.01 Å². The fraction of sp³-hybridized carbons (Fsp3) is 0.750. The highest BCUT2D eigenvalue weighted by molar-refractivity contribution is 6.28. The quantitative estimate of drug-likeness (QED) is 0.419. The lowest BCUT2D eigenvalue weighted by atomic mass is 9.88. The predicted molar refractivity (Wildman–Crippen MR) is 66.7 cm³/mol. The minimum Gasteiger partial charge on any atom is -0.461 e. The predicted octanol–water partition coefficient (Wildman–Crippen LogP) is 0.112. The maximum Gasteiger partial charge on any atom is 0.355 e. The Balaban J connectivity index is 2.75. The second-order valence-electron chi connectivity index (χ2n) is 4.09. The molecule has 0 aromatic carbocycles. The molecule has 0 aliphatic rings. The van der Waals surface area contributed by atoms with Gasteiger partial charge in [0.1, 0.15) is 19.8 Å². The van der Waals surface area contributed by atoms with Gasteiger partial charge >= 0.3 is 6.01 Å². The van der Waals surface area contributed by atoms with Crippen molar-refractivity contribution in [2.45, 2.75) is 13.3 Å². The number of ether oxygens (including phenoxy) is 1. The van der Waals surface area contributed by atoms with Gasteiger partial charge in [0.05, 0.1) is 5.41 Å². The Kier molecular flexibility index (Phi) is 6.37. The van der Waals surface area contributed by atoms with Gasteiger partial charge in [-0.1, -0.05) is 17.1 Å². The number of aromatic nitrogens is 4. The summed E-state index contributed by atoms with van der Waals surface area (Å²) >= 11 is 5.41. The number of nitrogens with zero attached hydrogens (tertiary/aromatic N) is 6. The van der Waals surface area contributed by atoms with Crippen molar-refractivity contribution in [3.8, 4) is 6.01 Å². The molecule has 0 saturated carbocycles. The third-order valence-corrected chi connectivity index (χ3v) is 2.80. The smallest absolute Gasteiger partial charge is 0.355 e. The summed E-state index contributed by atoms with van der Waals surface area (Å²) in [6.07, 6.45) is 0.225. The Morgan fingerprint density at radius 1 is 1.05 bits per heavy atom. The van der Waals surface area contributed by atoms with Crippen LogP contribution in [-0.4, -0.2) is 50.4 Å². The zero-order valence-corrected chi connectivity index (χ0v) is 12.0. The summed E-state index contributed by atoms with van der Waals surface area (Å²) in [5.41, 5.74) is -1.16. The first kappa shape index (κ1) is 17.5. The number of rotatable bonds is 10. The first-order chi connectivity index (χ1) is 10.4. The van der Waals surface area contributed by atoms with E-state index in [-0.39, 0.29) is 24.3 Å². The monoisotopic (exact) mass is 338 g/mol. The van der Waals surface area contributed by atoms with Gasteiger partial charge < -0.3 is 14.4 Å². The average Bonchev–Trinajstić information content (AvgIpc) is 2.48. The van der Waals surface area contributed by atoms with Crippen molar-refractivity contribution in [2.24, 2.45) is 5.41 Å². The molecule has 0 amide bonds. The summed E-state index contributed by atoms with van der Waals surface area (Å²) in [6.45, 7) is 0.433. The third kappa shape index (κ3) is 5.82. The van der Waals surface area contributed by atoms with Gasteiger partial charge in [0.2, 0.25) is 0 Å². The van der Waals surface area contributed by atoms with Crippen LogP contribution in [0, 0.1) is 25.6 Å². The van der Waals surface area contributed by atoms with Crippen molar-refractivity contribution in [2.75, 3.05) is 19.8 Å². The van der Waals surface area contributed by atoms with E-state index in [9.17, 15) is 20.2 Å². The van der Waals surface area contributed by atoms with Gasteiger partial charge in [-0.25, -0.2) is 0 Å². The van der Waals surface area contributed by atoms with E-state index < -0.39 is 28.8 Å². The highest BCUT2D eigenvalue weighted by Crippen LogP contribution is 2.24. The summed E-state index contributed by atoms with van der Waals surface area (Å²) in [7, 11) is 0. The number of halogens is 1. The van der Waals surface area contributed by atoms with Gasteiger partial charge in [0, 0.05) is 0 Å². The molecule has 0 N–H and O–H groups in total. The van der Waals surface area contributed by atoms with E-state index in [1.807, 2.05) is 0 Å². The van der Waals surface area contributed by atoms with Crippen LogP contribution < -0.4 is 4.74 Å². The van der Waals surface area contributed by atoms with Crippen LogP contribution in [-0.2, 0) is 9.68 Å².